The third kappa shape index (κ3) is 4.49. The third-order valence-electron chi connectivity index (χ3n) is 3.66. The Morgan fingerprint density at radius 2 is 1.86 bits per heavy atom. The molecule has 1 heterocycles. The number of hydrogen-bond acceptors (Lipinski definition) is 3. The van der Waals surface area contributed by atoms with Gasteiger partial charge in [-0.25, -0.2) is 8.42 Å². The minimum absolute atomic E-state index is 0. The fraction of sp³-hybridized carbons (Fsp3) is 0.571. The van der Waals surface area contributed by atoms with Gasteiger partial charge in [0.1, 0.15) is 0 Å². The molecule has 0 aliphatic carbocycles. The van der Waals surface area contributed by atoms with E-state index in [-0.39, 0.29) is 28.4 Å². The van der Waals surface area contributed by atoms with Gasteiger partial charge in [-0.2, -0.15) is 4.31 Å². The van der Waals surface area contributed by atoms with Gasteiger partial charge >= 0.3 is 0 Å². The van der Waals surface area contributed by atoms with Crippen LogP contribution in [0.3, 0.4) is 0 Å². The summed E-state index contributed by atoms with van der Waals surface area (Å²) in [5.41, 5.74) is 0. The van der Waals surface area contributed by atoms with Gasteiger partial charge in [0.2, 0.25) is 10.0 Å². The van der Waals surface area contributed by atoms with Crippen molar-refractivity contribution < 1.29 is 8.42 Å². The minimum atomic E-state index is -3.54. The molecule has 1 aliphatic heterocycles. The Morgan fingerprint density at radius 3 is 2.41 bits per heavy atom. The first-order valence-electron chi connectivity index (χ1n) is 7.14. The van der Waals surface area contributed by atoms with E-state index in [1.165, 1.54) is 18.2 Å². The number of benzene rings is 1. The summed E-state index contributed by atoms with van der Waals surface area (Å²) in [7, 11) is -3.54. The fourth-order valence-electron chi connectivity index (χ4n) is 2.59. The molecule has 22 heavy (non-hydrogen) atoms. The van der Waals surface area contributed by atoms with Crippen LogP contribution in [0.15, 0.2) is 23.1 Å². The van der Waals surface area contributed by atoms with Crippen LogP contribution in [0.4, 0.5) is 0 Å². The van der Waals surface area contributed by atoms with Crippen molar-refractivity contribution in [1.29, 1.82) is 0 Å². The Bertz CT molecular complexity index is 590. The molecular formula is C14H21Cl3N2O2S. The fourth-order valence-corrected chi connectivity index (χ4v) is 4.75. The minimum Gasteiger partial charge on any atom is -0.317 e. The van der Waals surface area contributed by atoms with Crippen LogP contribution in [0.2, 0.25) is 10.0 Å². The van der Waals surface area contributed by atoms with E-state index < -0.39 is 10.0 Å². The van der Waals surface area contributed by atoms with Gasteiger partial charge in [0.25, 0.3) is 0 Å². The summed E-state index contributed by atoms with van der Waals surface area (Å²) < 4.78 is 27.4. The molecule has 1 aromatic rings. The van der Waals surface area contributed by atoms with Crippen LogP contribution in [0.25, 0.3) is 0 Å². The highest BCUT2D eigenvalue weighted by atomic mass is 35.5. The molecule has 126 valence electrons. The highest BCUT2D eigenvalue weighted by Crippen LogP contribution is 2.28. The van der Waals surface area contributed by atoms with Crippen LogP contribution >= 0.6 is 35.6 Å². The molecule has 0 aromatic heterocycles. The second-order valence-corrected chi connectivity index (χ2v) is 7.88. The van der Waals surface area contributed by atoms with Gasteiger partial charge in [0.05, 0.1) is 14.9 Å². The lowest BCUT2D eigenvalue weighted by atomic mass is 10.1. The van der Waals surface area contributed by atoms with E-state index >= 15 is 0 Å². The molecule has 1 aromatic carbocycles. The monoisotopic (exact) mass is 386 g/mol. The number of nitrogens with zero attached hydrogens (tertiary/aromatic N) is 1. The molecule has 0 atom stereocenters. The maximum Gasteiger partial charge on any atom is 0.243 e. The molecule has 1 fully saturated rings. The third-order valence-corrected chi connectivity index (χ3v) is 6.34. The van der Waals surface area contributed by atoms with Crippen molar-refractivity contribution in [3.63, 3.8) is 0 Å². The summed E-state index contributed by atoms with van der Waals surface area (Å²) in [5, 5.41) is 3.88. The first-order chi connectivity index (χ1) is 9.96. The summed E-state index contributed by atoms with van der Waals surface area (Å²) in [5.74, 6) is 0. The van der Waals surface area contributed by atoms with Crippen molar-refractivity contribution >= 4 is 45.6 Å². The van der Waals surface area contributed by atoms with Gasteiger partial charge in [-0.05, 0) is 50.6 Å². The topological polar surface area (TPSA) is 49.4 Å². The molecule has 1 aliphatic rings. The van der Waals surface area contributed by atoms with E-state index in [0.717, 1.165) is 32.4 Å². The Hall–Kier alpha value is -0.0400. The molecule has 0 amide bonds. The molecule has 0 spiro atoms. The number of halogens is 3. The van der Waals surface area contributed by atoms with Crippen LogP contribution < -0.4 is 5.32 Å². The van der Waals surface area contributed by atoms with Crippen LogP contribution in [0.1, 0.15) is 26.2 Å². The van der Waals surface area contributed by atoms with Gasteiger partial charge in [-0.15, -0.1) is 12.4 Å². The average Bonchev–Trinajstić information content (AvgIpc) is 2.48. The number of nitrogens with one attached hydrogen (secondary N) is 1. The lowest BCUT2D eigenvalue weighted by molar-refractivity contribution is 0.262. The Kier molecular flexibility index (Phi) is 7.92. The smallest absolute Gasteiger partial charge is 0.243 e. The van der Waals surface area contributed by atoms with Crippen LogP contribution in [0.5, 0.6) is 0 Å². The van der Waals surface area contributed by atoms with Gasteiger partial charge in [-0.3, -0.25) is 0 Å². The normalized spacial score (nSPS) is 16.5. The summed E-state index contributed by atoms with van der Waals surface area (Å²) in [6.45, 7) is 4.20. The van der Waals surface area contributed by atoms with E-state index in [9.17, 15) is 8.42 Å². The highest BCUT2D eigenvalue weighted by molar-refractivity contribution is 7.89. The van der Waals surface area contributed by atoms with Crippen LogP contribution in [-0.2, 0) is 10.0 Å². The van der Waals surface area contributed by atoms with Crippen molar-refractivity contribution in [3.8, 4) is 0 Å². The second-order valence-electron chi connectivity index (χ2n) is 5.17. The summed E-state index contributed by atoms with van der Waals surface area (Å²) in [4.78, 5) is 0.212. The quantitative estimate of drug-likeness (QED) is 0.840. The number of sulfonamides is 1. The van der Waals surface area contributed by atoms with E-state index in [2.05, 4.69) is 5.32 Å². The average molecular weight is 388 g/mol. The number of rotatable bonds is 5. The molecule has 0 radical (unpaired) electrons. The first-order valence-corrected chi connectivity index (χ1v) is 9.34. The summed E-state index contributed by atoms with van der Waals surface area (Å²) in [6, 6.07) is 4.53. The first kappa shape index (κ1) is 20.0. The van der Waals surface area contributed by atoms with Crippen molar-refractivity contribution in [2.24, 2.45) is 0 Å². The molecule has 0 unspecified atom stereocenters. The highest BCUT2D eigenvalue weighted by Gasteiger charge is 2.31. The van der Waals surface area contributed by atoms with E-state index in [1.807, 2.05) is 6.92 Å². The van der Waals surface area contributed by atoms with Crippen LogP contribution in [-0.4, -0.2) is 38.4 Å². The maximum absolute atomic E-state index is 12.9. The predicted molar refractivity (Wildman–Crippen MR) is 93.8 cm³/mol. The maximum atomic E-state index is 12.9. The van der Waals surface area contributed by atoms with Crippen molar-refractivity contribution in [2.45, 2.75) is 37.1 Å². The predicted octanol–water partition coefficient (Wildman–Crippen LogP) is 3.57. The zero-order valence-corrected chi connectivity index (χ0v) is 15.5. The molecular weight excluding hydrogens is 367 g/mol. The van der Waals surface area contributed by atoms with Gasteiger partial charge in [-0.1, -0.05) is 30.1 Å². The van der Waals surface area contributed by atoms with E-state index in [0.29, 0.717) is 11.6 Å². The van der Waals surface area contributed by atoms with Crippen molar-refractivity contribution in [2.75, 3.05) is 19.6 Å². The number of hydrogen-bond donors (Lipinski definition) is 1. The zero-order valence-electron chi connectivity index (χ0n) is 12.4. The summed E-state index contributed by atoms with van der Waals surface area (Å²) in [6.07, 6.45) is 2.45. The molecule has 1 saturated heterocycles. The molecule has 4 nitrogen and oxygen atoms in total. The molecule has 2 rings (SSSR count). The van der Waals surface area contributed by atoms with Crippen molar-refractivity contribution in [1.82, 2.24) is 9.62 Å². The van der Waals surface area contributed by atoms with Gasteiger partial charge in [0.15, 0.2) is 0 Å². The lowest BCUT2D eigenvalue weighted by Gasteiger charge is -2.33. The second kappa shape index (κ2) is 8.71. The van der Waals surface area contributed by atoms with Crippen molar-refractivity contribution in [3.05, 3.63) is 28.2 Å². The van der Waals surface area contributed by atoms with Crippen LogP contribution in [0, 0.1) is 0 Å². The van der Waals surface area contributed by atoms with Gasteiger partial charge in [0, 0.05) is 12.6 Å². The zero-order chi connectivity index (χ0) is 15.5. The molecule has 0 saturated carbocycles. The largest absolute Gasteiger partial charge is 0.317 e. The SMILES string of the molecule is CCCN(C1CCNCC1)S(=O)(=O)c1ccc(Cl)c(Cl)c1.Cl. The molecule has 1 N–H and O–H groups in total. The Labute approximate surface area is 148 Å². The van der Waals surface area contributed by atoms with Gasteiger partial charge < -0.3 is 5.32 Å². The standard InChI is InChI=1S/C14H20Cl2N2O2S.ClH/c1-2-9-18(11-5-7-17-8-6-11)21(19,20)12-3-4-13(15)14(16)10-12;/h3-4,10-11,17H,2,5-9H2,1H3;1H. The lowest BCUT2D eigenvalue weighted by Crippen LogP contribution is -2.46. The molecule has 8 heteroatoms. The summed E-state index contributed by atoms with van der Waals surface area (Å²) >= 11 is 11.8. The Morgan fingerprint density at radius 1 is 1.23 bits per heavy atom. The number of piperidine rings is 1. The Balaban J connectivity index is 0.00000242. The molecule has 0 bridgehead atoms. The van der Waals surface area contributed by atoms with E-state index in [1.54, 1.807) is 4.31 Å². The van der Waals surface area contributed by atoms with E-state index in [4.69, 9.17) is 23.2 Å².